The van der Waals surface area contributed by atoms with Crippen molar-refractivity contribution in [2.24, 2.45) is 7.05 Å². The van der Waals surface area contributed by atoms with Gasteiger partial charge in [0.15, 0.2) is 10.8 Å². The maximum Gasteiger partial charge on any atom is 0.260 e. The third kappa shape index (κ3) is 2.46. The lowest BCUT2D eigenvalue weighted by Gasteiger charge is -2.11. The molecule has 7 nitrogen and oxygen atoms in total. The minimum Gasteiger partial charge on any atom is -0.395 e. The van der Waals surface area contributed by atoms with Crippen molar-refractivity contribution in [1.29, 1.82) is 0 Å². The number of imidazole rings is 1. The number of sulfonamides is 1. The van der Waals surface area contributed by atoms with Crippen molar-refractivity contribution in [2.45, 2.75) is 18.0 Å². The molecular weight excluding hydrogens is 220 g/mol. The van der Waals surface area contributed by atoms with Gasteiger partial charge < -0.3 is 15.4 Å². The van der Waals surface area contributed by atoms with Crippen LogP contribution in [0.5, 0.6) is 0 Å². The molecule has 0 spiro atoms. The maximum atomic E-state index is 11.7. The van der Waals surface area contributed by atoms with Crippen LogP contribution in [-0.4, -0.2) is 35.7 Å². The molecule has 1 unspecified atom stereocenters. The molecule has 0 aliphatic heterocycles. The predicted molar refractivity (Wildman–Crippen MR) is 54.5 cm³/mol. The smallest absolute Gasteiger partial charge is 0.260 e. The fourth-order valence-corrected chi connectivity index (χ4v) is 2.59. The van der Waals surface area contributed by atoms with Crippen LogP contribution in [-0.2, 0) is 17.1 Å². The zero-order chi connectivity index (χ0) is 11.6. The highest BCUT2D eigenvalue weighted by Crippen LogP contribution is 2.15. The van der Waals surface area contributed by atoms with Crippen molar-refractivity contribution >= 4 is 15.8 Å². The SMILES string of the molecule is CC(CO)NS(=O)(=O)c1c(N)ncn1C. The zero-order valence-corrected chi connectivity index (χ0v) is 9.32. The van der Waals surface area contributed by atoms with Crippen LogP contribution in [0, 0.1) is 0 Å². The Balaban J connectivity index is 3.07. The highest BCUT2D eigenvalue weighted by molar-refractivity contribution is 7.89. The lowest BCUT2D eigenvalue weighted by atomic mass is 10.4. The topological polar surface area (TPSA) is 110 Å². The molecule has 86 valence electrons. The van der Waals surface area contributed by atoms with E-state index in [1.165, 1.54) is 17.9 Å². The number of aryl methyl sites for hydroxylation is 1. The summed E-state index contributed by atoms with van der Waals surface area (Å²) < 4.78 is 27.1. The fourth-order valence-electron chi connectivity index (χ4n) is 1.12. The Kier molecular flexibility index (Phi) is 3.32. The minimum absolute atomic E-state index is 0.0601. The van der Waals surface area contributed by atoms with Gasteiger partial charge >= 0.3 is 0 Å². The third-order valence-corrected chi connectivity index (χ3v) is 3.51. The third-order valence-electron chi connectivity index (χ3n) is 1.79. The Labute approximate surface area is 88.0 Å². The van der Waals surface area contributed by atoms with Crippen LogP contribution in [0.3, 0.4) is 0 Å². The van der Waals surface area contributed by atoms with E-state index in [2.05, 4.69) is 9.71 Å². The average Bonchev–Trinajstić information content (AvgIpc) is 2.45. The number of nitrogen functional groups attached to an aromatic ring is 1. The first kappa shape index (κ1) is 12.0. The van der Waals surface area contributed by atoms with Crippen LogP contribution in [0.1, 0.15) is 6.92 Å². The molecule has 0 fully saturated rings. The number of rotatable bonds is 4. The monoisotopic (exact) mass is 234 g/mol. The summed E-state index contributed by atoms with van der Waals surface area (Å²) in [5.41, 5.74) is 5.43. The summed E-state index contributed by atoms with van der Waals surface area (Å²) in [6.45, 7) is 1.26. The molecule has 1 aromatic heterocycles. The largest absolute Gasteiger partial charge is 0.395 e. The second-order valence-corrected chi connectivity index (χ2v) is 4.88. The molecule has 0 saturated carbocycles. The summed E-state index contributed by atoms with van der Waals surface area (Å²) in [4.78, 5) is 3.67. The first-order valence-corrected chi connectivity index (χ1v) is 5.76. The summed E-state index contributed by atoms with van der Waals surface area (Å²) >= 11 is 0. The van der Waals surface area contributed by atoms with E-state index >= 15 is 0 Å². The number of nitrogens with zero attached hydrogens (tertiary/aromatic N) is 2. The quantitative estimate of drug-likeness (QED) is 0.597. The number of anilines is 1. The number of aromatic nitrogens is 2. The first-order valence-electron chi connectivity index (χ1n) is 4.28. The number of hydrogen-bond acceptors (Lipinski definition) is 5. The molecule has 0 aliphatic carbocycles. The van der Waals surface area contributed by atoms with E-state index in [9.17, 15) is 8.42 Å². The van der Waals surface area contributed by atoms with E-state index in [4.69, 9.17) is 10.8 Å². The standard InChI is InChI=1S/C7H14N4O3S/c1-5(3-12)10-15(13,14)7-6(8)9-4-11(7)2/h4-5,10,12H,3,8H2,1-2H3. The molecule has 0 saturated heterocycles. The van der Waals surface area contributed by atoms with Crippen LogP contribution >= 0.6 is 0 Å². The van der Waals surface area contributed by atoms with Gasteiger partial charge in [-0.15, -0.1) is 0 Å². The predicted octanol–water partition coefficient (Wildman–Crippen LogP) is -1.34. The summed E-state index contributed by atoms with van der Waals surface area (Å²) in [5.74, 6) is -0.0601. The summed E-state index contributed by atoms with van der Waals surface area (Å²) in [7, 11) is -2.19. The van der Waals surface area contributed by atoms with Crippen LogP contribution in [0.2, 0.25) is 0 Å². The lowest BCUT2D eigenvalue weighted by Crippen LogP contribution is -2.36. The molecule has 0 aromatic carbocycles. The van der Waals surface area contributed by atoms with Gasteiger partial charge in [-0.25, -0.2) is 18.1 Å². The van der Waals surface area contributed by atoms with E-state index in [0.717, 1.165) is 0 Å². The number of nitrogens with one attached hydrogen (secondary N) is 1. The molecule has 0 amide bonds. The summed E-state index contributed by atoms with van der Waals surface area (Å²) in [5, 5.41) is 8.66. The van der Waals surface area contributed by atoms with E-state index in [1.807, 2.05) is 0 Å². The van der Waals surface area contributed by atoms with E-state index in [1.54, 1.807) is 6.92 Å². The van der Waals surface area contributed by atoms with Gasteiger partial charge in [-0.3, -0.25) is 0 Å². The van der Waals surface area contributed by atoms with Crippen molar-refractivity contribution in [3.05, 3.63) is 6.33 Å². The van der Waals surface area contributed by atoms with E-state index < -0.39 is 16.1 Å². The Hall–Kier alpha value is -1.12. The molecule has 0 aliphatic rings. The van der Waals surface area contributed by atoms with Crippen molar-refractivity contribution in [3.63, 3.8) is 0 Å². The molecule has 8 heteroatoms. The number of aliphatic hydroxyl groups excluding tert-OH is 1. The number of hydrogen-bond donors (Lipinski definition) is 3. The summed E-state index contributed by atoms with van der Waals surface area (Å²) in [6, 6.07) is -0.565. The van der Waals surface area contributed by atoms with Crippen molar-refractivity contribution < 1.29 is 13.5 Å². The second-order valence-electron chi connectivity index (χ2n) is 3.25. The Morgan fingerprint density at radius 2 is 2.33 bits per heavy atom. The second kappa shape index (κ2) is 4.17. The molecule has 1 rings (SSSR count). The highest BCUT2D eigenvalue weighted by atomic mass is 32.2. The Morgan fingerprint density at radius 3 is 2.73 bits per heavy atom. The van der Waals surface area contributed by atoms with Gasteiger partial charge in [0.1, 0.15) is 0 Å². The summed E-state index contributed by atoms with van der Waals surface area (Å²) in [6.07, 6.45) is 1.31. The van der Waals surface area contributed by atoms with Crippen molar-refractivity contribution in [1.82, 2.24) is 14.3 Å². The maximum absolute atomic E-state index is 11.7. The average molecular weight is 234 g/mol. The molecule has 4 N–H and O–H groups in total. The van der Waals surface area contributed by atoms with Gasteiger partial charge in [0, 0.05) is 13.1 Å². The van der Waals surface area contributed by atoms with Crippen LogP contribution in [0.4, 0.5) is 5.82 Å². The molecule has 1 atom stereocenters. The van der Waals surface area contributed by atoms with E-state index in [0.29, 0.717) is 0 Å². The number of aliphatic hydroxyl groups is 1. The van der Waals surface area contributed by atoms with Gasteiger partial charge in [0.25, 0.3) is 10.0 Å². The molecule has 1 aromatic rings. The van der Waals surface area contributed by atoms with E-state index in [-0.39, 0.29) is 17.5 Å². The normalized spacial score (nSPS) is 14.1. The van der Waals surface area contributed by atoms with Crippen molar-refractivity contribution in [3.8, 4) is 0 Å². The molecular formula is C7H14N4O3S. The fraction of sp³-hybridized carbons (Fsp3) is 0.571. The van der Waals surface area contributed by atoms with Crippen LogP contribution < -0.4 is 10.5 Å². The van der Waals surface area contributed by atoms with Gasteiger partial charge in [0.05, 0.1) is 12.9 Å². The zero-order valence-electron chi connectivity index (χ0n) is 8.51. The van der Waals surface area contributed by atoms with Gasteiger partial charge in [-0.05, 0) is 6.92 Å². The Morgan fingerprint density at radius 1 is 1.73 bits per heavy atom. The first-order chi connectivity index (χ1) is 6.88. The molecule has 0 bridgehead atoms. The minimum atomic E-state index is -3.72. The van der Waals surface area contributed by atoms with Crippen LogP contribution in [0.25, 0.3) is 0 Å². The number of nitrogens with two attached hydrogens (primary N) is 1. The lowest BCUT2D eigenvalue weighted by molar-refractivity contribution is 0.265. The Bertz CT molecular complexity index is 420. The molecule has 1 heterocycles. The van der Waals surface area contributed by atoms with Gasteiger partial charge in [-0.2, -0.15) is 0 Å². The van der Waals surface area contributed by atoms with Crippen molar-refractivity contribution in [2.75, 3.05) is 12.3 Å². The highest BCUT2D eigenvalue weighted by Gasteiger charge is 2.23. The van der Waals surface area contributed by atoms with Gasteiger partial charge in [-0.1, -0.05) is 0 Å². The van der Waals surface area contributed by atoms with Crippen LogP contribution in [0.15, 0.2) is 11.4 Å². The van der Waals surface area contributed by atoms with Gasteiger partial charge in [0.2, 0.25) is 0 Å². The molecule has 15 heavy (non-hydrogen) atoms. The molecule has 0 radical (unpaired) electrons.